The number of hydrogen-bond acceptors (Lipinski definition) is 4. The van der Waals surface area contributed by atoms with Crippen LogP contribution >= 0.6 is 0 Å². The Kier molecular flexibility index (Phi) is 1.76. The molecular formula is C10H6N4O3. The molecule has 0 atom stereocenters. The number of H-pyrrole nitrogens is 2. The first kappa shape index (κ1) is 9.52. The monoisotopic (exact) mass is 230 g/mol. The topological polar surface area (TPSA) is 112 Å². The Morgan fingerprint density at radius 2 is 2.12 bits per heavy atom. The quantitative estimate of drug-likeness (QED) is 0.563. The number of rotatable bonds is 1. The maximum absolute atomic E-state index is 11.9. The van der Waals surface area contributed by atoms with Crippen molar-refractivity contribution in [2.45, 2.75) is 0 Å². The molecule has 0 unspecified atom stereocenters. The minimum Gasteiger partial charge on any atom is -0.477 e. The Hall–Kier alpha value is -2.70. The van der Waals surface area contributed by atoms with Gasteiger partial charge in [0, 0.05) is 6.20 Å². The van der Waals surface area contributed by atoms with Crippen LogP contribution in [0.1, 0.15) is 10.4 Å². The highest BCUT2D eigenvalue weighted by atomic mass is 16.4. The summed E-state index contributed by atoms with van der Waals surface area (Å²) in [6.45, 7) is 0. The van der Waals surface area contributed by atoms with E-state index in [1.54, 1.807) is 6.07 Å². The van der Waals surface area contributed by atoms with Crippen LogP contribution in [0.5, 0.6) is 0 Å². The number of carboxylic acid groups (broad SMARTS) is 1. The second kappa shape index (κ2) is 3.14. The molecule has 0 amide bonds. The summed E-state index contributed by atoms with van der Waals surface area (Å²) in [5, 5.41) is 18.3. The Morgan fingerprint density at radius 3 is 2.88 bits per heavy atom. The van der Waals surface area contributed by atoms with Gasteiger partial charge in [-0.1, -0.05) is 0 Å². The number of carbonyl (C=O) groups is 1. The Bertz CT molecular complexity index is 802. The normalized spacial score (nSPS) is 11.1. The average molecular weight is 230 g/mol. The molecule has 0 aliphatic heterocycles. The van der Waals surface area contributed by atoms with Crippen molar-refractivity contribution in [2.75, 3.05) is 0 Å². The Labute approximate surface area is 93.1 Å². The van der Waals surface area contributed by atoms with Crippen molar-refractivity contribution in [1.29, 1.82) is 0 Å². The van der Waals surface area contributed by atoms with Crippen molar-refractivity contribution in [3.8, 4) is 0 Å². The summed E-state index contributed by atoms with van der Waals surface area (Å²) in [6, 6.07) is 3.18. The van der Waals surface area contributed by atoms with E-state index in [9.17, 15) is 9.59 Å². The molecule has 7 heteroatoms. The summed E-state index contributed by atoms with van der Waals surface area (Å²) in [4.78, 5) is 26.7. The Morgan fingerprint density at radius 1 is 1.29 bits per heavy atom. The maximum atomic E-state index is 11.9. The first-order valence-corrected chi connectivity index (χ1v) is 4.76. The third-order valence-electron chi connectivity index (χ3n) is 2.55. The molecule has 0 radical (unpaired) electrons. The second-order valence-corrected chi connectivity index (χ2v) is 3.51. The molecule has 2 heterocycles. The highest BCUT2D eigenvalue weighted by Gasteiger charge is 2.14. The van der Waals surface area contributed by atoms with Crippen LogP contribution in [0.4, 0.5) is 0 Å². The summed E-state index contributed by atoms with van der Waals surface area (Å²) >= 11 is 0. The van der Waals surface area contributed by atoms with Crippen molar-refractivity contribution >= 4 is 27.9 Å². The SMILES string of the molecule is O=C(O)c1cnc2c(ccc3[nH][nH]nc32)c1=O. The fourth-order valence-electron chi connectivity index (χ4n) is 1.74. The molecule has 0 bridgehead atoms. The summed E-state index contributed by atoms with van der Waals surface area (Å²) < 4.78 is 0. The fraction of sp³-hybridized carbons (Fsp3) is 0. The van der Waals surface area contributed by atoms with E-state index in [2.05, 4.69) is 20.4 Å². The van der Waals surface area contributed by atoms with Crippen LogP contribution in [0.25, 0.3) is 21.9 Å². The minimum atomic E-state index is -1.28. The first-order valence-electron chi connectivity index (χ1n) is 4.76. The van der Waals surface area contributed by atoms with E-state index >= 15 is 0 Å². The van der Waals surface area contributed by atoms with Crippen LogP contribution in [0.3, 0.4) is 0 Å². The van der Waals surface area contributed by atoms with Crippen LogP contribution in [-0.2, 0) is 0 Å². The van der Waals surface area contributed by atoms with Crippen LogP contribution in [-0.4, -0.2) is 31.5 Å². The number of aromatic nitrogens is 4. The van der Waals surface area contributed by atoms with E-state index in [-0.39, 0.29) is 10.9 Å². The van der Waals surface area contributed by atoms with Gasteiger partial charge in [0.15, 0.2) is 0 Å². The van der Waals surface area contributed by atoms with Gasteiger partial charge in [0.05, 0.1) is 10.9 Å². The first-order chi connectivity index (χ1) is 8.18. The van der Waals surface area contributed by atoms with Crippen LogP contribution in [0.2, 0.25) is 0 Å². The van der Waals surface area contributed by atoms with Crippen LogP contribution in [0, 0.1) is 0 Å². The Balaban J connectivity index is 2.53. The summed E-state index contributed by atoms with van der Waals surface area (Å²) in [7, 11) is 0. The molecular weight excluding hydrogens is 224 g/mol. The number of nitrogens with one attached hydrogen (secondary N) is 2. The minimum absolute atomic E-state index is 0.248. The average Bonchev–Trinajstić information content (AvgIpc) is 2.77. The molecule has 7 nitrogen and oxygen atoms in total. The lowest BCUT2D eigenvalue weighted by atomic mass is 10.1. The number of benzene rings is 1. The third-order valence-corrected chi connectivity index (χ3v) is 2.55. The molecule has 3 N–H and O–H groups in total. The maximum Gasteiger partial charge on any atom is 0.341 e. The third kappa shape index (κ3) is 1.22. The standard InChI is InChI=1S/C10H6N4O3/c15-9-4-1-2-6-8(13-14-12-6)7(4)11-3-5(9)10(16)17/h1-3,12,14H,(H,16,17). The fourth-order valence-corrected chi connectivity index (χ4v) is 1.74. The van der Waals surface area contributed by atoms with Gasteiger partial charge in [-0.25, -0.2) is 10.0 Å². The predicted molar refractivity (Wildman–Crippen MR) is 59.0 cm³/mol. The van der Waals surface area contributed by atoms with Crippen molar-refractivity contribution in [3.05, 3.63) is 34.1 Å². The smallest absolute Gasteiger partial charge is 0.341 e. The molecule has 0 aliphatic rings. The largest absolute Gasteiger partial charge is 0.477 e. The van der Waals surface area contributed by atoms with Gasteiger partial charge in [-0.15, -0.1) is 0 Å². The molecule has 1 aromatic carbocycles. The zero-order chi connectivity index (χ0) is 12.0. The molecule has 0 aliphatic carbocycles. The van der Waals surface area contributed by atoms with Crippen molar-refractivity contribution in [2.24, 2.45) is 0 Å². The van der Waals surface area contributed by atoms with Gasteiger partial charge in [-0.3, -0.25) is 14.9 Å². The highest BCUT2D eigenvalue weighted by molar-refractivity contribution is 6.02. The molecule has 0 saturated carbocycles. The lowest BCUT2D eigenvalue weighted by Crippen LogP contribution is -2.15. The number of carboxylic acids is 1. The lowest BCUT2D eigenvalue weighted by Gasteiger charge is -1.98. The molecule has 0 saturated heterocycles. The number of aromatic amines is 2. The van der Waals surface area contributed by atoms with Gasteiger partial charge in [-0.05, 0) is 12.1 Å². The van der Waals surface area contributed by atoms with Gasteiger partial charge in [0.1, 0.15) is 16.6 Å². The second-order valence-electron chi connectivity index (χ2n) is 3.51. The van der Waals surface area contributed by atoms with Gasteiger partial charge in [0.25, 0.3) is 0 Å². The van der Waals surface area contributed by atoms with Gasteiger partial charge in [0.2, 0.25) is 5.43 Å². The van der Waals surface area contributed by atoms with Gasteiger partial charge >= 0.3 is 5.97 Å². The van der Waals surface area contributed by atoms with E-state index < -0.39 is 11.4 Å². The zero-order valence-corrected chi connectivity index (χ0v) is 8.39. The van der Waals surface area contributed by atoms with E-state index in [1.165, 1.54) is 6.07 Å². The van der Waals surface area contributed by atoms with E-state index in [4.69, 9.17) is 5.11 Å². The number of hydrogen-bond donors (Lipinski definition) is 3. The number of aromatic carboxylic acids is 1. The summed E-state index contributed by atoms with van der Waals surface area (Å²) in [6.07, 6.45) is 1.06. The summed E-state index contributed by atoms with van der Waals surface area (Å²) in [5.74, 6) is -1.28. The van der Waals surface area contributed by atoms with E-state index in [1.807, 2.05) is 0 Å². The molecule has 0 spiro atoms. The van der Waals surface area contributed by atoms with Crippen LogP contribution < -0.4 is 5.43 Å². The van der Waals surface area contributed by atoms with E-state index in [0.717, 1.165) is 6.20 Å². The summed E-state index contributed by atoms with van der Waals surface area (Å²) in [5.41, 5.74) is 0.711. The van der Waals surface area contributed by atoms with Crippen LogP contribution in [0.15, 0.2) is 23.1 Å². The predicted octanol–water partition coefficient (Wildman–Crippen LogP) is 0.498. The van der Waals surface area contributed by atoms with Crippen molar-refractivity contribution in [1.82, 2.24) is 20.4 Å². The molecule has 3 aromatic rings. The van der Waals surface area contributed by atoms with Gasteiger partial charge in [-0.2, -0.15) is 5.10 Å². The molecule has 2 aromatic heterocycles. The molecule has 84 valence electrons. The van der Waals surface area contributed by atoms with Gasteiger partial charge < -0.3 is 5.11 Å². The number of fused-ring (bicyclic) bond motifs is 3. The molecule has 17 heavy (non-hydrogen) atoms. The number of pyridine rings is 1. The van der Waals surface area contributed by atoms with Crippen molar-refractivity contribution in [3.63, 3.8) is 0 Å². The lowest BCUT2D eigenvalue weighted by molar-refractivity contribution is 0.0695. The van der Waals surface area contributed by atoms with Crippen molar-refractivity contribution < 1.29 is 9.90 Å². The number of nitrogens with zero attached hydrogens (tertiary/aromatic N) is 2. The zero-order valence-electron chi connectivity index (χ0n) is 8.39. The van der Waals surface area contributed by atoms with E-state index in [0.29, 0.717) is 16.6 Å². The molecule has 0 fully saturated rings. The highest BCUT2D eigenvalue weighted by Crippen LogP contribution is 2.17. The molecule has 3 rings (SSSR count).